The maximum absolute atomic E-state index is 9.06. The van der Waals surface area contributed by atoms with Gasteiger partial charge in [-0.15, -0.1) is 0 Å². The molecule has 6 nitrogen and oxygen atoms in total. The fourth-order valence-corrected chi connectivity index (χ4v) is 1.97. The molecule has 0 atom stereocenters. The van der Waals surface area contributed by atoms with Gasteiger partial charge in [0.05, 0.1) is 12.4 Å². The number of nitrogens with one attached hydrogen (secondary N) is 1. The third-order valence-electron chi connectivity index (χ3n) is 3.11. The van der Waals surface area contributed by atoms with Gasteiger partial charge in [0, 0.05) is 19.7 Å². The molecule has 4 N–H and O–H groups in total. The molecule has 92 valence electrons. The number of piperidine rings is 1. The number of hydrogen-bond donors (Lipinski definition) is 3. The zero-order valence-electron chi connectivity index (χ0n) is 9.63. The minimum atomic E-state index is -0.0666. The van der Waals surface area contributed by atoms with Gasteiger partial charge >= 0.3 is 0 Å². The van der Waals surface area contributed by atoms with Gasteiger partial charge in [0.1, 0.15) is 17.3 Å². The predicted molar refractivity (Wildman–Crippen MR) is 65.1 cm³/mol. The van der Waals surface area contributed by atoms with Crippen molar-refractivity contribution in [1.82, 2.24) is 9.97 Å². The van der Waals surface area contributed by atoms with E-state index in [0.29, 0.717) is 11.6 Å². The predicted octanol–water partition coefficient (Wildman–Crippen LogP) is -0.0306. The van der Waals surface area contributed by atoms with E-state index in [0.717, 1.165) is 31.7 Å². The van der Waals surface area contributed by atoms with Crippen molar-refractivity contribution < 1.29 is 5.11 Å². The van der Waals surface area contributed by atoms with Gasteiger partial charge in [-0.05, 0) is 18.8 Å². The Balaban J connectivity index is 2.01. The topological polar surface area (TPSA) is 99.1 Å². The maximum atomic E-state index is 9.06. The Bertz CT molecular complexity index is 383. The second-order valence-electron chi connectivity index (χ2n) is 4.29. The third-order valence-corrected chi connectivity index (χ3v) is 3.11. The minimum Gasteiger partial charge on any atom is -0.396 e. The SMILES string of the molecule is N=C(N)c1cnc(N2CCC(CO)CC2)cn1. The molecule has 2 rings (SSSR count). The monoisotopic (exact) mass is 235 g/mol. The summed E-state index contributed by atoms with van der Waals surface area (Å²) in [5.74, 6) is 1.16. The van der Waals surface area contributed by atoms with Crippen molar-refractivity contribution in [2.24, 2.45) is 11.7 Å². The average molecular weight is 235 g/mol. The van der Waals surface area contributed by atoms with E-state index >= 15 is 0 Å². The molecule has 1 saturated heterocycles. The highest BCUT2D eigenvalue weighted by Crippen LogP contribution is 2.20. The normalized spacial score (nSPS) is 17.1. The van der Waals surface area contributed by atoms with E-state index in [2.05, 4.69) is 14.9 Å². The summed E-state index contributed by atoms with van der Waals surface area (Å²) < 4.78 is 0. The van der Waals surface area contributed by atoms with Crippen LogP contribution >= 0.6 is 0 Å². The molecule has 0 saturated carbocycles. The van der Waals surface area contributed by atoms with E-state index in [1.807, 2.05) is 0 Å². The number of aliphatic hydroxyl groups excluding tert-OH is 1. The molecule has 1 aliphatic heterocycles. The van der Waals surface area contributed by atoms with Gasteiger partial charge in [0.15, 0.2) is 0 Å². The van der Waals surface area contributed by atoms with E-state index in [-0.39, 0.29) is 12.4 Å². The van der Waals surface area contributed by atoms with Crippen molar-refractivity contribution in [3.05, 3.63) is 18.1 Å². The Labute approximate surface area is 100.0 Å². The van der Waals surface area contributed by atoms with Crippen LogP contribution in [0.25, 0.3) is 0 Å². The molecule has 1 aliphatic rings. The van der Waals surface area contributed by atoms with Crippen LogP contribution in [-0.4, -0.2) is 40.6 Å². The van der Waals surface area contributed by atoms with Crippen LogP contribution in [0.1, 0.15) is 18.5 Å². The van der Waals surface area contributed by atoms with Crippen LogP contribution in [0.5, 0.6) is 0 Å². The first kappa shape index (κ1) is 11.8. The molecule has 0 spiro atoms. The Morgan fingerprint density at radius 1 is 1.41 bits per heavy atom. The first-order chi connectivity index (χ1) is 8.20. The van der Waals surface area contributed by atoms with E-state index in [4.69, 9.17) is 16.2 Å². The average Bonchev–Trinajstić information content (AvgIpc) is 2.39. The second-order valence-corrected chi connectivity index (χ2v) is 4.29. The number of rotatable bonds is 3. The summed E-state index contributed by atoms with van der Waals surface area (Å²) in [6.07, 6.45) is 5.13. The van der Waals surface area contributed by atoms with E-state index in [1.165, 1.54) is 6.20 Å². The lowest BCUT2D eigenvalue weighted by molar-refractivity contribution is 0.203. The number of amidine groups is 1. The quantitative estimate of drug-likeness (QED) is 0.504. The van der Waals surface area contributed by atoms with Crippen molar-refractivity contribution in [3.8, 4) is 0 Å². The lowest BCUT2D eigenvalue weighted by atomic mass is 9.98. The molecule has 1 aromatic rings. The number of anilines is 1. The summed E-state index contributed by atoms with van der Waals surface area (Å²) in [7, 11) is 0. The summed E-state index contributed by atoms with van der Waals surface area (Å²) in [4.78, 5) is 10.5. The summed E-state index contributed by atoms with van der Waals surface area (Å²) >= 11 is 0. The number of nitrogens with two attached hydrogens (primary N) is 1. The van der Waals surface area contributed by atoms with Gasteiger partial charge < -0.3 is 15.7 Å². The fraction of sp³-hybridized carbons (Fsp3) is 0.545. The molecule has 0 aromatic carbocycles. The number of hydrogen-bond acceptors (Lipinski definition) is 5. The molecule has 2 heterocycles. The molecule has 6 heteroatoms. The highest BCUT2D eigenvalue weighted by Gasteiger charge is 2.19. The summed E-state index contributed by atoms with van der Waals surface area (Å²) in [6, 6.07) is 0. The molecule has 1 fully saturated rings. The minimum absolute atomic E-state index is 0.0666. The third kappa shape index (κ3) is 2.71. The Morgan fingerprint density at radius 3 is 2.59 bits per heavy atom. The van der Waals surface area contributed by atoms with E-state index in [9.17, 15) is 0 Å². The second kappa shape index (κ2) is 5.09. The standard InChI is InChI=1S/C11H17N5O/c12-11(13)9-5-15-10(6-14-9)16-3-1-8(7-17)2-4-16/h5-6,8,17H,1-4,7H2,(H3,12,13). The largest absolute Gasteiger partial charge is 0.396 e. The highest BCUT2D eigenvalue weighted by molar-refractivity contribution is 5.92. The van der Waals surface area contributed by atoms with Gasteiger partial charge in [-0.3, -0.25) is 5.41 Å². The number of aliphatic hydroxyl groups is 1. The summed E-state index contributed by atoms with van der Waals surface area (Å²) in [5.41, 5.74) is 5.72. The van der Waals surface area contributed by atoms with E-state index < -0.39 is 0 Å². The van der Waals surface area contributed by atoms with Gasteiger partial charge in [0.2, 0.25) is 0 Å². The molecule has 1 aromatic heterocycles. The zero-order chi connectivity index (χ0) is 12.3. The summed E-state index contributed by atoms with van der Waals surface area (Å²) in [5, 5.41) is 16.3. The molecular weight excluding hydrogens is 218 g/mol. The summed E-state index contributed by atoms with van der Waals surface area (Å²) in [6.45, 7) is 2.04. The van der Waals surface area contributed by atoms with Crippen LogP contribution in [0.2, 0.25) is 0 Å². The van der Waals surface area contributed by atoms with Crippen molar-refractivity contribution in [2.45, 2.75) is 12.8 Å². The zero-order valence-corrected chi connectivity index (χ0v) is 9.63. The molecular formula is C11H17N5O. The van der Waals surface area contributed by atoms with Crippen LogP contribution in [0.15, 0.2) is 12.4 Å². The lowest BCUT2D eigenvalue weighted by Crippen LogP contribution is -2.35. The van der Waals surface area contributed by atoms with Crippen LogP contribution in [-0.2, 0) is 0 Å². The van der Waals surface area contributed by atoms with E-state index in [1.54, 1.807) is 6.20 Å². The fourth-order valence-electron chi connectivity index (χ4n) is 1.97. The molecule has 0 amide bonds. The molecule has 0 radical (unpaired) electrons. The first-order valence-corrected chi connectivity index (χ1v) is 5.73. The van der Waals surface area contributed by atoms with Crippen LogP contribution in [0.4, 0.5) is 5.82 Å². The Hall–Kier alpha value is -1.69. The number of nitrogens with zero attached hydrogens (tertiary/aromatic N) is 3. The molecule has 0 aliphatic carbocycles. The van der Waals surface area contributed by atoms with Gasteiger partial charge in [0.25, 0.3) is 0 Å². The molecule has 0 bridgehead atoms. The number of aromatic nitrogens is 2. The van der Waals surface area contributed by atoms with Crippen molar-refractivity contribution in [2.75, 3.05) is 24.6 Å². The maximum Gasteiger partial charge on any atom is 0.147 e. The van der Waals surface area contributed by atoms with Gasteiger partial charge in [-0.25, -0.2) is 9.97 Å². The van der Waals surface area contributed by atoms with Crippen molar-refractivity contribution in [1.29, 1.82) is 5.41 Å². The van der Waals surface area contributed by atoms with Gasteiger partial charge in [-0.1, -0.05) is 0 Å². The lowest BCUT2D eigenvalue weighted by Gasteiger charge is -2.31. The molecule has 0 unspecified atom stereocenters. The smallest absolute Gasteiger partial charge is 0.147 e. The van der Waals surface area contributed by atoms with Crippen molar-refractivity contribution in [3.63, 3.8) is 0 Å². The highest BCUT2D eigenvalue weighted by atomic mass is 16.3. The first-order valence-electron chi connectivity index (χ1n) is 5.73. The Morgan fingerprint density at radius 2 is 2.12 bits per heavy atom. The number of nitrogen functional groups attached to an aromatic ring is 1. The van der Waals surface area contributed by atoms with Crippen LogP contribution in [0.3, 0.4) is 0 Å². The Kier molecular flexibility index (Phi) is 3.53. The van der Waals surface area contributed by atoms with Crippen molar-refractivity contribution >= 4 is 11.7 Å². The van der Waals surface area contributed by atoms with Crippen LogP contribution < -0.4 is 10.6 Å². The molecule has 17 heavy (non-hydrogen) atoms. The van der Waals surface area contributed by atoms with Crippen LogP contribution in [0, 0.1) is 11.3 Å². The van der Waals surface area contributed by atoms with Gasteiger partial charge in [-0.2, -0.15) is 0 Å².